The third kappa shape index (κ3) is 6.18. The van der Waals surface area contributed by atoms with Crippen molar-refractivity contribution in [3.8, 4) is 11.5 Å². The molecule has 0 radical (unpaired) electrons. The van der Waals surface area contributed by atoms with Crippen molar-refractivity contribution in [1.82, 2.24) is 4.90 Å². The number of rotatable bonds is 8. The predicted octanol–water partition coefficient (Wildman–Crippen LogP) is 3.52. The fraction of sp³-hybridized carbons (Fsp3) is 0.300. The van der Waals surface area contributed by atoms with Crippen LogP contribution in [0.5, 0.6) is 11.5 Å². The minimum Gasteiger partial charge on any atom is -0.497 e. The zero-order valence-corrected chi connectivity index (χ0v) is 16.4. The van der Waals surface area contributed by atoms with E-state index >= 15 is 0 Å². The first-order valence-electron chi connectivity index (χ1n) is 8.53. The summed E-state index contributed by atoms with van der Waals surface area (Å²) in [6.45, 7) is 3.87. The summed E-state index contributed by atoms with van der Waals surface area (Å²) in [7, 11) is 1.58. The van der Waals surface area contributed by atoms with Gasteiger partial charge in [-0.3, -0.25) is 9.59 Å². The lowest BCUT2D eigenvalue weighted by Crippen LogP contribution is -2.40. The van der Waals surface area contributed by atoms with E-state index in [2.05, 4.69) is 5.32 Å². The molecular formula is C20H23ClN2O4. The first-order chi connectivity index (χ1) is 12.9. The summed E-state index contributed by atoms with van der Waals surface area (Å²) < 4.78 is 10.6. The summed E-state index contributed by atoms with van der Waals surface area (Å²) in [5.41, 5.74) is 1.52. The number of methoxy groups -OCH3 is 1. The Morgan fingerprint density at radius 1 is 1.11 bits per heavy atom. The molecular weight excluding hydrogens is 368 g/mol. The molecule has 0 aliphatic rings. The molecule has 0 unspecified atom stereocenters. The first kappa shape index (κ1) is 20.6. The Hall–Kier alpha value is -2.73. The molecule has 144 valence electrons. The van der Waals surface area contributed by atoms with Gasteiger partial charge in [0.25, 0.3) is 5.91 Å². The Morgan fingerprint density at radius 3 is 2.41 bits per heavy atom. The molecule has 0 aliphatic heterocycles. The lowest BCUT2D eigenvalue weighted by Gasteiger charge is -2.21. The van der Waals surface area contributed by atoms with Gasteiger partial charge in [-0.05, 0) is 55.8 Å². The van der Waals surface area contributed by atoms with Gasteiger partial charge in [-0.2, -0.15) is 0 Å². The molecule has 0 aliphatic carbocycles. The van der Waals surface area contributed by atoms with E-state index in [1.54, 1.807) is 43.5 Å². The van der Waals surface area contributed by atoms with Gasteiger partial charge in [-0.25, -0.2) is 0 Å². The van der Waals surface area contributed by atoms with E-state index in [0.29, 0.717) is 28.8 Å². The third-order valence-electron chi connectivity index (χ3n) is 3.96. The van der Waals surface area contributed by atoms with Crippen LogP contribution >= 0.6 is 11.6 Å². The Bertz CT molecular complexity index is 793. The molecule has 1 N–H and O–H groups in total. The average molecular weight is 391 g/mol. The fourth-order valence-corrected chi connectivity index (χ4v) is 2.55. The quantitative estimate of drug-likeness (QED) is 0.748. The molecule has 7 heteroatoms. The van der Waals surface area contributed by atoms with Crippen LogP contribution < -0.4 is 14.8 Å². The lowest BCUT2D eigenvalue weighted by molar-refractivity contribution is -0.136. The number of carbonyl (C=O) groups excluding carboxylic acids is 2. The summed E-state index contributed by atoms with van der Waals surface area (Å²) in [4.78, 5) is 26.1. The molecule has 0 heterocycles. The van der Waals surface area contributed by atoms with Crippen molar-refractivity contribution in [2.24, 2.45) is 0 Å². The second kappa shape index (κ2) is 9.83. The number of aryl methyl sites for hydroxylation is 1. The Kier molecular flexibility index (Phi) is 7.49. The summed E-state index contributed by atoms with van der Waals surface area (Å²) >= 11 is 5.96. The second-order valence-electron chi connectivity index (χ2n) is 5.88. The van der Waals surface area contributed by atoms with E-state index < -0.39 is 0 Å². The fourth-order valence-electron chi connectivity index (χ4n) is 2.38. The zero-order chi connectivity index (χ0) is 19.8. The number of amides is 2. The minimum atomic E-state index is -0.292. The Balaban J connectivity index is 1.89. The molecule has 0 saturated heterocycles. The van der Waals surface area contributed by atoms with Gasteiger partial charge in [-0.15, -0.1) is 0 Å². The first-order valence-corrected chi connectivity index (χ1v) is 8.91. The molecule has 2 amide bonds. The van der Waals surface area contributed by atoms with Gasteiger partial charge in [0, 0.05) is 17.3 Å². The number of nitrogens with one attached hydrogen (secondary N) is 1. The number of anilines is 1. The maximum absolute atomic E-state index is 12.4. The van der Waals surface area contributed by atoms with Crippen LogP contribution in [0.15, 0.2) is 42.5 Å². The van der Waals surface area contributed by atoms with Crippen LogP contribution in [-0.4, -0.2) is 43.5 Å². The number of carbonyl (C=O) groups is 2. The van der Waals surface area contributed by atoms with Crippen LogP contribution in [0.1, 0.15) is 12.5 Å². The number of halogens is 1. The van der Waals surface area contributed by atoms with Crippen LogP contribution in [0.4, 0.5) is 5.69 Å². The highest BCUT2D eigenvalue weighted by Gasteiger charge is 2.17. The van der Waals surface area contributed by atoms with E-state index in [1.807, 2.05) is 19.9 Å². The van der Waals surface area contributed by atoms with Crippen molar-refractivity contribution in [2.45, 2.75) is 13.8 Å². The predicted molar refractivity (Wildman–Crippen MR) is 106 cm³/mol. The molecule has 2 aromatic carbocycles. The third-order valence-corrected chi connectivity index (χ3v) is 4.20. The number of ether oxygens (including phenoxy) is 2. The Labute approximate surface area is 164 Å². The maximum atomic E-state index is 12.4. The van der Waals surface area contributed by atoms with Crippen molar-refractivity contribution >= 4 is 29.1 Å². The standard InChI is InChI=1S/C20H23ClN2O4/c1-4-23(12-19(24)22-18-11-15(21)6-5-14(18)2)20(25)13-27-17-9-7-16(26-3)8-10-17/h5-11H,4,12-13H2,1-3H3,(H,22,24). The number of hydrogen-bond donors (Lipinski definition) is 1. The van der Waals surface area contributed by atoms with Gasteiger partial charge >= 0.3 is 0 Å². The number of hydrogen-bond acceptors (Lipinski definition) is 4. The molecule has 27 heavy (non-hydrogen) atoms. The lowest BCUT2D eigenvalue weighted by atomic mass is 10.2. The molecule has 0 fully saturated rings. The number of likely N-dealkylation sites (N-methyl/N-ethyl adjacent to an activating group) is 1. The van der Waals surface area contributed by atoms with E-state index in [1.165, 1.54) is 4.90 Å². The molecule has 0 spiro atoms. The van der Waals surface area contributed by atoms with E-state index in [9.17, 15) is 9.59 Å². The van der Waals surface area contributed by atoms with Crippen LogP contribution in [0, 0.1) is 6.92 Å². The van der Waals surface area contributed by atoms with Crippen LogP contribution in [0.25, 0.3) is 0 Å². The Morgan fingerprint density at radius 2 is 1.78 bits per heavy atom. The highest BCUT2D eigenvalue weighted by molar-refractivity contribution is 6.31. The van der Waals surface area contributed by atoms with E-state index in [-0.39, 0.29) is 25.0 Å². The van der Waals surface area contributed by atoms with Gasteiger partial charge in [0.2, 0.25) is 5.91 Å². The summed E-state index contributed by atoms with van der Waals surface area (Å²) in [5, 5.41) is 3.32. The molecule has 0 saturated carbocycles. The monoisotopic (exact) mass is 390 g/mol. The summed E-state index contributed by atoms with van der Waals surface area (Å²) in [6, 6.07) is 12.2. The molecule has 2 aromatic rings. The number of nitrogens with zero attached hydrogens (tertiary/aromatic N) is 1. The second-order valence-corrected chi connectivity index (χ2v) is 6.32. The van der Waals surface area contributed by atoms with Crippen LogP contribution in [0.3, 0.4) is 0 Å². The highest BCUT2D eigenvalue weighted by atomic mass is 35.5. The molecule has 0 aromatic heterocycles. The average Bonchev–Trinajstić information content (AvgIpc) is 2.67. The SMILES string of the molecule is CCN(CC(=O)Nc1cc(Cl)ccc1C)C(=O)COc1ccc(OC)cc1. The zero-order valence-electron chi connectivity index (χ0n) is 15.6. The van der Waals surface area contributed by atoms with Gasteiger partial charge in [0.15, 0.2) is 6.61 Å². The molecule has 2 rings (SSSR count). The smallest absolute Gasteiger partial charge is 0.260 e. The summed E-state index contributed by atoms with van der Waals surface area (Å²) in [5.74, 6) is 0.697. The van der Waals surface area contributed by atoms with Crippen molar-refractivity contribution in [2.75, 3.05) is 32.1 Å². The van der Waals surface area contributed by atoms with Gasteiger partial charge in [0.05, 0.1) is 13.7 Å². The van der Waals surface area contributed by atoms with Crippen molar-refractivity contribution in [1.29, 1.82) is 0 Å². The van der Waals surface area contributed by atoms with Crippen molar-refractivity contribution in [3.05, 3.63) is 53.1 Å². The van der Waals surface area contributed by atoms with Crippen molar-refractivity contribution < 1.29 is 19.1 Å². The molecule has 6 nitrogen and oxygen atoms in total. The van der Waals surface area contributed by atoms with Gasteiger partial charge < -0.3 is 19.7 Å². The van der Waals surface area contributed by atoms with Crippen LogP contribution in [-0.2, 0) is 9.59 Å². The van der Waals surface area contributed by atoms with Gasteiger partial charge in [-0.1, -0.05) is 17.7 Å². The van der Waals surface area contributed by atoms with E-state index in [0.717, 1.165) is 5.56 Å². The minimum absolute atomic E-state index is 0.0622. The normalized spacial score (nSPS) is 10.2. The topological polar surface area (TPSA) is 67.9 Å². The molecule has 0 atom stereocenters. The molecule has 0 bridgehead atoms. The number of benzene rings is 2. The van der Waals surface area contributed by atoms with E-state index in [4.69, 9.17) is 21.1 Å². The van der Waals surface area contributed by atoms with Gasteiger partial charge in [0.1, 0.15) is 11.5 Å². The van der Waals surface area contributed by atoms with Crippen LogP contribution in [0.2, 0.25) is 5.02 Å². The maximum Gasteiger partial charge on any atom is 0.260 e. The highest BCUT2D eigenvalue weighted by Crippen LogP contribution is 2.20. The summed E-state index contributed by atoms with van der Waals surface area (Å²) in [6.07, 6.45) is 0. The van der Waals surface area contributed by atoms with Crippen molar-refractivity contribution in [3.63, 3.8) is 0 Å². The largest absolute Gasteiger partial charge is 0.497 e.